The van der Waals surface area contributed by atoms with Crippen LogP contribution < -0.4 is 11.3 Å². The SMILES string of the molecule is Cc1oc2ncn(Cc3nnn(CCO)n3)c(=O)c2c1C(N)=O. The first-order valence-corrected chi connectivity index (χ1v) is 6.67. The van der Waals surface area contributed by atoms with E-state index in [0.29, 0.717) is 0 Å². The summed E-state index contributed by atoms with van der Waals surface area (Å²) < 4.78 is 6.51. The largest absolute Gasteiger partial charge is 0.442 e. The van der Waals surface area contributed by atoms with E-state index in [0.717, 1.165) is 0 Å². The Hall–Kier alpha value is -3.08. The van der Waals surface area contributed by atoms with Crippen LogP contribution in [0, 0.1) is 6.92 Å². The van der Waals surface area contributed by atoms with Gasteiger partial charge in [0.15, 0.2) is 5.82 Å². The molecule has 1 amide bonds. The van der Waals surface area contributed by atoms with Crippen molar-refractivity contribution >= 4 is 17.0 Å². The molecule has 0 radical (unpaired) electrons. The fourth-order valence-electron chi connectivity index (χ4n) is 2.22. The molecule has 0 fully saturated rings. The van der Waals surface area contributed by atoms with Crippen LogP contribution in [-0.2, 0) is 13.1 Å². The number of aromatic nitrogens is 6. The Labute approximate surface area is 128 Å². The second-order valence-corrected chi connectivity index (χ2v) is 4.78. The van der Waals surface area contributed by atoms with Crippen molar-refractivity contribution in [1.82, 2.24) is 29.8 Å². The zero-order valence-electron chi connectivity index (χ0n) is 12.1. The van der Waals surface area contributed by atoms with Gasteiger partial charge in [0.2, 0.25) is 5.71 Å². The lowest BCUT2D eigenvalue weighted by Crippen LogP contribution is -2.24. The number of aliphatic hydroxyl groups excluding tert-OH is 1. The lowest BCUT2D eigenvalue weighted by molar-refractivity contribution is 0.1000. The molecule has 23 heavy (non-hydrogen) atoms. The van der Waals surface area contributed by atoms with Gasteiger partial charge >= 0.3 is 0 Å². The van der Waals surface area contributed by atoms with Crippen molar-refractivity contribution in [3.05, 3.63) is 33.8 Å². The summed E-state index contributed by atoms with van der Waals surface area (Å²) in [5.41, 5.74) is 4.88. The third-order valence-electron chi connectivity index (χ3n) is 3.21. The van der Waals surface area contributed by atoms with Crippen molar-refractivity contribution in [2.24, 2.45) is 5.73 Å². The molecule has 0 aliphatic rings. The van der Waals surface area contributed by atoms with E-state index in [1.165, 1.54) is 22.6 Å². The number of amides is 1. The third-order valence-corrected chi connectivity index (χ3v) is 3.21. The third kappa shape index (κ3) is 2.57. The van der Waals surface area contributed by atoms with Gasteiger partial charge in [0, 0.05) is 0 Å². The van der Waals surface area contributed by atoms with Crippen LogP contribution in [0.15, 0.2) is 15.5 Å². The number of hydrogen-bond donors (Lipinski definition) is 2. The summed E-state index contributed by atoms with van der Waals surface area (Å²) in [5, 5.41) is 20.4. The second-order valence-electron chi connectivity index (χ2n) is 4.78. The van der Waals surface area contributed by atoms with Gasteiger partial charge in [-0.25, -0.2) is 4.98 Å². The summed E-state index contributed by atoms with van der Waals surface area (Å²) in [7, 11) is 0. The fraction of sp³-hybridized carbons (Fsp3) is 0.333. The van der Waals surface area contributed by atoms with Crippen molar-refractivity contribution in [3.63, 3.8) is 0 Å². The van der Waals surface area contributed by atoms with Gasteiger partial charge in [-0.05, 0) is 12.1 Å². The normalized spacial score (nSPS) is 11.2. The molecule has 11 nitrogen and oxygen atoms in total. The topological polar surface area (TPSA) is 155 Å². The standard InChI is InChI=1S/C12H13N7O4/c1-6-8(10(13)21)9-11(23-6)14-5-18(12(9)22)4-7-15-17-19(16-7)2-3-20/h5,20H,2-4H2,1H3,(H2,13,21). The molecule has 120 valence electrons. The number of nitrogens with zero attached hydrogens (tertiary/aromatic N) is 6. The molecule has 0 aromatic carbocycles. The van der Waals surface area contributed by atoms with Gasteiger partial charge < -0.3 is 15.3 Å². The molecule has 0 unspecified atom stereocenters. The van der Waals surface area contributed by atoms with E-state index in [9.17, 15) is 9.59 Å². The number of nitrogens with two attached hydrogens (primary N) is 1. The minimum absolute atomic E-state index is 0.00955. The Bertz CT molecular complexity index is 939. The summed E-state index contributed by atoms with van der Waals surface area (Å²) in [4.78, 5) is 29.3. The summed E-state index contributed by atoms with van der Waals surface area (Å²) in [5.74, 6) is -0.255. The fourth-order valence-corrected chi connectivity index (χ4v) is 2.22. The highest BCUT2D eigenvalue weighted by atomic mass is 16.3. The number of hydrogen-bond acceptors (Lipinski definition) is 8. The van der Waals surface area contributed by atoms with Crippen LogP contribution in [0.5, 0.6) is 0 Å². The smallest absolute Gasteiger partial charge is 0.265 e. The number of rotatable bonds is 5. The lowest BCUT2D eigenvalue weighted by atomic mass is 10.2. The number of furan rings is 1. The van der Waals surface area contributed by atoms with E-state index >= 15 is 0 Å². The summed E-state index contributed by atoms with van der Waals surface area (Å²) in [6.07, 6.45) is 1.27. The molecule has 3 heterocycles. The maximum atomic E-state index is 12.5. The van der Waals surface area contributed by atoms with Gasteiger partial charge in [-0.1, -0.05) is 0 Å². The quantitative estimate of drug-likeness (QED) is 0.571. The molecule has 0 bridgehead atoms. The molecule has 0 aliphatic carbocycles. The van der Waals surface area contributed by atoms with E-state index in [1.54, 1.807) is 0 Å². The number of fused-ring (bicyclic) bond motifs is 1. The van der Waals surface area contributed by atoms with Crippen molar-refractivity contribution in [1.29, 1.82) is 0 Å². The number of aliphatic hydroxyl groups is 1. The molecular weight excluding hydrogens is 306 g/mol. The van der Waals surface area contributed by atoms with E-state index in [-0.39, 0.29) is 47.9 Å². The van der Waals surface area contributed by atoms with Crippen LogP contribution >= 0.6 is 0 Å². The van der Waals surface area contributed by atoms with Crippen LogP contribution in [0.2, 0.25) is 0 Å². The Kier molecular flexibility index (Phi) is 3.62. The highest BCUT2D eigenvalue weighted by molar-refractivity contribution is 6.05. The molecular formula is C12H13N7O4. The first-order chi connectivity index (χ1) is 11.0. The lowest BCUT2D eigenvalue weighted by Gasteiger charge is -2.01. The van der Waals surface area contributed by atoms with Gasteiger partial charge in [-0.15, -0.1) is 10.2 Å². The molecule has 0 spiro atoms. The minimum atomic E-state index is -0.759. The van der Waals surface area contributed by atoms with Gasteiger partial charge in [-0.2, -0.15) is 4.80 Å². The van der Waals surface area contributed by atoms with Gasteiger partial charge in [-0.3, -0.25) is 14.2 Å². The highest BCUT2D eigenvalue weighted by Gasteiger charge is 2.21. The number of primary amides is 1. The Morgan fingerprint density at radius 2 is 2.26 bits per heavy atom. The van der Waals surface area contributed by atoms with Crippen LogP contribution in [0.1, 0.15) is 21.9 Å². The molecule has 0 aliphatic heterocycles. The first-order valence-electron chi connectivity index (χ1n) is 6.67. The van der Waals surface area contributed by atoms with Gasteiger partial charge in [0.05, 0.1) is 25.3 Å². The molecule has 0 saturated carbocycles. The van der Waals surface area contributed by atoms with E-state index < -0.39 is 11.5 Å². The van der Waals surface area contributed by atoms with E-state index in [4.69, 9.17) is 15.3 Å². The Morgan fingerprint density at radius 3 is 2.96 bits per heavy atom. The average molecular weight is 319 g/mol. The van der Waals surface area contributed by atoms with Crippen LogP contribution in [0.4, 0.5) is 0 Å². The van der Waals surface area contributed by atoms with Crippen molar-refractivity contribution in [2.75, 3.05) is 6.61 Å². The van der Waals surface area contributed by atoms with Crippen molar-refractivity contribution < 1.29 is 14.3 Å². The molecule has 0 atom stereocenters. The molecule has 3 aromatic heterocycles. The molecule has 3 aromatic rings. The monoisotopic (exact) mass is 319 g/mol. The number of tetrazole rings is 1. The predicted octanol–water partition coefficient (Wildman–Crippen LogP) is -1.58. The molecule has 3 rings (SSSR count). The molecule has 11 heteroatoms. The number of carbonyl (C=O) groups excluding carboxylic acids is 1. The average Bonchev–Trinajstić information content (AvgIpc) is 3.06. The van der Waals surface area contributed by atoms with E-state index in [2.05, 4.69) is 20.4 Å². The maximum Gasteiger partial charge on any atom is 0.265 e. The Balaban J connectivity index is 2.04. The van der Waals surface area contributed by atoms with Gasteiger partial charge in [0.1, 0.15) is 17.5 Å². The zero-order valence-corrected chi connectivity index (χ0v) is 12.1. The predicted molar refractivity (Wildman–Crippen MR) is 75.5 cm³/mol. The maximum absolute atomic E-state index is 12.5. The van der Waals surface area contributed by atoms with Crippen LogP contribution in [0.25, 0.3) is 11.1 Å². The summed E-state index contributed by atoms with van der Waals surface area (Å²) >= 11 is 0. The molecule has 0 saturated heterocycles. The van der Waals surface area contributed by atoms with Crippen molar-refractivity contribution in [2.45, 2.75) is 20.0 Å². The first kappa shape index (κ1) is 14.8. The summed E-state index contributed by atoms with van der Waals surface area (Å²) in [6.45, 7) is 1.62. The summed E-state index contributed by atoms with van der Waals surface area (Å²) in [6, 6.07) is 0. The minimum Gasteiger partial charge on any atom is -0.442 e. The van der Waals surface area contributed by atoms with Gasteiger partial charge in [0.25, 0.3) is 11.5 Å². The number of aryl methyl sites for hydroxylation is 1. The zero-order chi connectivity index (χ0) is 16.6. The second kappa shape index (κ2) is 5.61. The Morgan fingerprint density at radius 1 is 1.48 bits per heavy atom. The molecule has 3 N–H and O–H groups in total. The van der Waals surface area contributed by atoms with Crippen LogP contribution in [-0.4, -0.2) is 47.4 Å². The number of carbonyl (C=O) groups is 1. The van der Waals surface area contributed by atoms with Crippen molar-refractivity contribution in [3.8, 4) is 0 Å². The van der Waals surface area contributed by atoms with E-state index in [1.807, 2.05) is 0 Å². The highest BCUT2D eigenvalue weighted by Crippen LogP contribution is 2.20. The van der Waals surface area contributed by atoms with Crippen LogP contribution in [0.3, 0.4) is 0 Å².